The molecular formula is C13H14N4O2. The predicted octanol–water partition coefficient (Wildman–Crippen LogP) is 1.34. The molecule has 3 rings (SSSR count). The Morgan fingerprint density at radius 3 is 3.21 bits per heavy atom. The SMILES string of the molecule is Nc1ccc(OCCn2cncn2)c2c1OCC=C2. The lowest BCUT2D eigenvalue weighted by Crippen LogP contribution is -2.10. The molecule has 0 atom stereocenters. The Kier molecular flexibility index (Phi) is 3.06. The van der Waals surface area contributed by atoms with Gasteiger partial charge in [-0.05, 0) is 24.3 Å². The van der Waals surface area contributed by atoms with Gasteiger partial charge in [-0.25, -0.2) is 9.67 Å². The summed E-state index contributed by atoms with van der Waals surface area (Å²) in [6.45, 7) is 1.69. The molecule has 0 radical (unpaired) electrons. The first kappa shape index (κ1) is 11.6. The van der Waals surface area contributed by atoms with Gasteiger partial charge < -0.3 is 15.2 Å². The molecule has 6 heteroatoms. The van der Waals surface area contributed by atoms with Crippen LogP contribution in [-0.4, -0.2) is 28.0 Å². The molecule has 0 saturated heterocycles. The van der Waals surface area contributed by atoms with Gasteiger partial charge in [0.25, 0.3) is 0 Å². The Bertz CT molecular complexity index is 593. The number of anilines is 1. The van der Waals surface area contributed by atoms with Gasteiger partial charge in [-0.1, -0.05) is 0 Å². The quantitative estimate of drug-likeness (QED) is 0.838. The molecule has 19 heavy (non-hydrogen) atoms. The highest BCUT2D eigenvalue weighted by atomic mass is 16.5. The topological polar surface area (TPSA) is 75.2 Å². The van der Waals surface area contributed by atoms with E-state index in [4.69, 9.17) is 15.2 Å². The summed E-state index contributed by atoms with van der Waals surface area (Å²) >= 11 is 0. The molecule has 98 valence electrons. The summed E-state index contributed by atoms with van der Waals surface area (Å²) < 4.78 is 13.0. The van der Waals surface area contributed by atoms with Gasteiger partial charge in [0.15, 0.2) is 5.75 Å². The molecule has 1 aliphatic rings. The molecule has 2 aromatic rings. The number of nitrogens with two attached hydrogens (primary N) is 1. The third kappa shape index (κ3) is 2.37. The van der Waals surface area contributed by atoms with Crippen molar-refractivity contribution in [2.75, 3.05) is 18.9 Å². The van der Waals surface area contributed by atoms with E-state index >= 15 is 0 Å². The first-order chi connectivity index (χ1) is 9.34. The van der Waals surface area contributed by atoms with Gasteiger partial charge in [-0.2, -0.15) is 5.10 Å². The molecule has 1 aliphatic heterocycles. The van der Waals surface area contributed by atoms with Gasteiger partial charge in [0, 0.05) is 0 Å². The smallest absolute Gasteiger partial charge is 0.153 e. The standard InChI is InChI=1S/C13H14N4O2/c14-11-3-4-12(10-2-1-6-19-13(10)11)18-7-5-17-9-15-8-16-17/h1-4,8-9H,5-7,14H2. The number of rotatable bonds is 4. The second kappa shape index (κ2) is 5.01. The van der Waals surface area contributed by atoms with E-state index in [1.807, 2.05) is 18.2 Å². The molecule has 0 spiro atoms. The number of nitrogen functional groups attached to an aromatic ring is 1. The van der Waals surface area contributed by atoms with E-state index in [0.717, 1.165) is 11.3 Å². The third-order valence-electron chi connectivity index (χ3n) is 2.84. The lowest BCUT2D eigenvalue weighted by atomic mass is 10.1. The van der Waals surface area contributed by atoms with Crippen molar-refractivity contribution in [2.24, 2.45) is 0 Å². The largest absolute Gasteiger partial charge is 0.491 e. The van der Waals surface area contributed by atoms with Crippen LogP contribution in [0.4, 0.5) is 5.69 Å². The van der Waals surface area contributed by atoms with Gasteiger partial charge in [0.05, 0.1) is 17.8 Å². The summed E-state index contributed by atoms with van der Waals surface area (Å²) in [5, 5.41) is 4.02. The van der Waals surface area contributed by atoms with Gasteiger partial charge >= 0.3 is 0 Å². The minimum Gasteiger partial charge on any atom is -0.491 e. The Labute approximate surface area is 110 Å². The van der Waals surface area contributed by atoms with Crippen LogP contribution in [0.5, 0.6) is 11.5 Å². The maximum atomic E-state index is 5.88. The number of benzene rings is 1. The fourth-order valence-electron chi connectivity index (χ4n) is 1.94. The monoisotopic (exact) mass is 258 g/mol. The average Bonchev–Trinajstić information content (AvgIpc) is 2.95. The molecule has 2 N–H and O–H groups in total. The van der Waals surface area contributed by atoms with Crippen molar-refractivity contribution in [3.63, 3.8) is 0 Å². The van der Waals surface area contributed by atoms with Crippen molar-refractivity contribution in [2.45, 2.75) is 6.54 Å². The normalized spacial score (nSPS) is 12.8. The van der Waals surface area contributed by atoms with Crippen LogP contribution in [0.1, 0.15) is 5.56 Å². The molecule has 0 unspecified atom stereocenters. The van der Waals surface area contributed by atoms with E-state index < -0.39 is 0 Å². The van der Waals surface area contributed by atoms with Crippen LogP contribution in [-0.2, 0) is 6.54 Å². The lowest BCUT2D eigenvalue weighted by Gasteiger charge is -2.18. The van der Waals surface area contributed by atoms with Crippen molar-refractivity contribution in [3.8, 4) is 11.5 Å². The average molecular weight is 258 g/mol. The highest BCUT2D eigenvalue weighted by molar-refractivity contribution is 5.73. The summed E-state index contributed by atoms with van der Waals surface area (Å²) in [6, 6.07) is 3.65. The van der Waals surface area contributed by atoms with E-state index in [1.54, 1.807) is 17.1 Å². The van der Waals surface area contributed by atoms with Crippen molar-refractivity contribution in [3.05, 3.63) is 36.4 Å². The van der Waals surface area contributed by atoms with Gasteiger partial charge in [0.2, 0.25) is 0 Å². The number of nitrogens with zero attached hydrogens (tertiary/aromatic N) is 3. The van der Waals surface area contributed by atoms with Crippen LogP contribution >= 0.6 is 0 Å². The zero-order valence-electron chi connectivity index (χ0n) is 10.3. The van der Waals surface area contributed by atoms with Crippen molar-refractivity contribution >= 4 is 11.8 Å². The molecule has 0 saturated carbocycles. The van der Waals surface area contributed by atoms with E-state index in [1.165, 1.54) is 6.33 Å². The molecule has 0 aliphatic carbocycles. The van der Waals surface area contributed by atoms with Crippen LogP contribution in [0.25, 0.3) is 6.08 Å². The molecule has 1 aromatic heterocycles. The molecule has 0 fully saturated rings. The molecule has 0 amide bonds. The number of hydrogen-bond donors (Lipinski definition) is 1. The van der Waals surface area contributed by atoms with Crippen LogP contribution in [0.2, 0.25) is 0 Å². The van der Waals surface area contributed by atoms with E-state index in [9.17, 15) is 0 Å². The Morgan fingerprint density at radius 2 is 2.37 bits per heavy atom. The zero-order chi connectivity index (χ0) is 13.1. The van der Waals surface area contributed by atoms with Crippen molar-refractivity contribution in [1.29, 1.82) is 0 Å². The minimum absolute atomic E-state index is 0.507. The lowest BCUT2D eigenvalue weighted by molar-refractivity contribution is 0.286. The molecule has 2 heterocycles. The highest BCUT2D eigenvalue weighted by Crippen LogP contribution is 2.37. The first-order valence-corrected chi connectivity index (χ1v) is 6.01. The highest BCUT2D eigenvalue weighted by Gasteiger charge is 2.14. The van der Waals surface area contributed by atoms with Gasteiger partial charge in [-0.15, -0.1) is 0 Å². The van der Waals surface area contributed by atoms with Crippen molar-refractivity contribution in [1.82, 2.24) is 14.8 Å². The van der Waals surface area contributed by atoms with E-state index in [-0.39, 0.29) is 0 Å². The zero-order valence-corrected chi connectivity index (χ0v) is 10.3. The number of fused-ring (bicyclic) bond motifs is 1. The van der Waals surface area contributed by atoms with E-state index in [2.05, 4.69) is 10.1 Å². The summed E-state index contributed by atoms with van der Waals surface area (Å²) in [5.74, 6) is 1.46. The molecule has 6 nitrogen and oxygen atoms in total. The minimum atomic E-state index is 0.507. The maximum absolute atomic E-state index is 5.88. The predicted molar refractivity (Wildman–Crippen MR) is 70.9 cm³/mol. The van der Waals surface area contributed by atoms with E-state index in [0.29, 0.717) is 31.2 Å². The fraction of sp³-hybridized carbons (Fsp3) is 0.231. The summed E-state index contributed by atoms with van der Waals surface area (Å²) in [4.78, 5) is 3.88. The molecule has 0 bridgehead atoms. The Balaban J connectivity index is 1.73. The summed E-state index contributed by atoms with van der Waals surface area (Å²) in [7, 11) is 0. The molecular weight excluding hydrogens is 244 g/mol. The van der Waals surface area contributed by atoms with Crippen LogP contribution in [0.3, 0.4) is 0 Å². The molecule has 1 aromatic carbocycles. The summed E-state index contributed by atoms with van der Waals surface area (Å²) in [5.41, 5.74) is 7.40. The second-order valence-electron chi connectivity index (χ2n) is 4.12. The first-order valence-electron chi connectivity index (χ1n) is 6.01. The number of hydrogen-bond acceptors (Lipinski definition) is 5. The second-order valence-corrected chi connectivity index (χ2v) is 4.12. The van der Waals surface area contributed by atoms with Crippen molar-refractivity contribution < 1.29 is 9.47 Å². The maximum Gasteiger partial charge on any atom is 0.153 e. The van der Waals surface area contributed by atoms with Gasteiger partial charge in [0.1, 0.15) is 31.6 Å². The Hall–Kier alpha value is -2.50. The van der Waals surface area contributed by atoms with Gasteiger partial charge in [-0.3, -0.25) is 0 Å². The number of ether oxygens (including phenoxy) is 2. The summed E-state index contributed by atoms with van der Waals surface area (Å²) in [6.07, 6.45) is 7.07. The van der Waals surface area contributed by atoms with Crippen LogP contribution < -0.4 is 15.2 Å². The Morgan fingerprint density at radius 1 is 1.42 bits per heavy atom. The van der Waals surface area contributed by atoms with Crippen LogP contribution in [0, 0.1) is 0 Å². The fourth-order valence-corrected chi connectivity index (χ4v) is 1.94. The number of aromatic nitrogens is 3. The van der Waals surface area contributed by atoms with Crippen LogP contribution in [0.15, 0.2) is 30.9 Å². The third-order valence-corrected chi connectivity index (χ3v) is 2.84.